The van der Waals surface area contributed by atoms with E-state index < -0.39 is 56.5 Å². The second-order valence-electron chi connectivity index (χ2n) is 3.27. The first kappa shape index (κ1) is 15.7. The van der Waals surface area contributed by atoms with Crippen molar-refractivity contribution in [1.29, 1.82) is 0 Å². The number of ether oxygens (including phenoxy) is 1. The van der Waals surface area contributed by atoms with E-state index in [9.17, 15) is 26.4 Å². The van der Waals surface area contributed by atoms with Gasteiger partial charge in [0.15, 0.2) is 17.5 Å². The summed E-state index contributed by atoms with van der Waals surface area (Å²) in [4.78, 5) is 11.3. The maximum atomic E-state index is 13.3. The Morgan fingerprint density at radius 3 is 2.42 bits per heavy atom. The van der Waals surface area contributed by atoms with E-state index in [0.29, 0.717) is 0 Å². The van der Waals surface area contributed by atoms with Crippen molar-refractivity contribution in [3.63, 3.8) is 0 Å². The van der Waals surface area contributed by atoms with E-state index in [2.05, 4.69) is 4.74 Å². The molecule has 0 spiro atoms. The number of halogens is 4. The molecular weight excluding hydrogens is 313 g/mol. The molecule has 0 atom stereocenters. The lowest BCUT2D eigenvalue weighted by atomic mass is 10.2. The molecule has 0 fully saturated rings. The summed E-state index contributed by atoms with van der Waals surface area (Å²) in [6.07, 6.45) is 0. The van der Waals surface area contributed by atoms with Gasteiger partial charge in [0, 0.05) is 0 Å². The Hall–Kier alpha value is -1.32. The van der Waals surface area contributed by atoms with Crippen LogP contribution in [0.15, 0.2) is 6.07 Å². The normalized spacial score (nSPS) is 11.4. The van der Waals surface area contributed by atoms with Crippen LogP contribution in [-0.4, -0.2) is 31.3 Å². The fraction of sp³-hybridized carbons (Fsp3) is 0.222. The lowest BCUT2D eigenvalue weighted by Crippen LogP contribution is -2.16. The van der Waals surface area contributed by atoms with Gasteiger partial charge in [-0.05, 0) is 6.07 Å². The molecule has 1 N–H and O–H groups in total. The van der Waals surface area contributed by atoms with Crippen LogP contribution in [0.5, 0.6) is 0 Å². The highest BCUT2D eigenvalue weighted by Crippen LogP contribution is 2.25. The highest BCUT2D eigenvalue weighted by atomic mass is 35.5. The Kier molecular flexibility index (Phi) is 4.77. The van der Waals surface area contributed by atoms with Crippen molar-refractivity contribution in [3.8, 4) is 0 Å². The first-order valence-electron chi connectivity index (χ1n) is 4.58. The number of carbonyl (C=O) groups is 1. The lowest BCUT2D eigenvalue weighted by Gasteiger charge is -2.06. The quantitative estimate of drug-likeness (QED) is 0.396. The Morgan fingerprint density at radius 2 is 1.89 bits per heavy atom. The van der Waals surface area contributed by atoms with Gasteiger partial charge in [-0.2, -0.15) is 8.42 Å². The average Bonchev–Trinajstić information content (AvgIpc) is 2.29. The van der Waals surface area contributed by atoms with Crippen LogP contribution in [-0.2, 0) is 14.9 Å². The molecule has 0 aliphatic carbocycles. The van der Waals surface area contributed by atoms with Crippen LogP contribution >= 0.6 is 11.6 Å². The molecule has 0 aromatic heterocycles. The Bertz CT molecular complexity index is 617. The summed E-state index contributed by atoms with van der Waals surface area (Å²) >= 11 is 5.11. The van der Waals surface area contributed by atoms with Crippen LogP contribution in [0.2, 0.25) is 5.02 Å². The minimum Gasteiger partial charge on any atom is -0.461 e. The Morgan fingerprint density at radius 1 is 1.32 bits per heavy atom. The predicted molar refractivity (Wildman–Crippen MR) is 58.0 cm³/mol. The number of hydrogen-bond donors (Lipinski definition) is 1. The molecule has 1 rings (SSSR count). The van der Waals surface area contributed by atoms with E-state index in [0.717, 1.165) is 0 Å². The summed E-state index contributed by atoms with van der Waals surface area (Å²) < 4.78 is 72.4. The predicted octanol–water partition coefficient (Wildman–Crippen LogP) is 1.80. The zero-order chi connectivity index (χ0) is 14.8. The fourth-order valence-corrected chi connectivity index (χ4v) is 1.52. The molecule has 0 amide bonds. The van der Waals surface area contributed by atoms with Crippen LogP contribution in [0.25, 0.3) is 0 Å². The molecule has 0 radical (unpaired) electrons. The van der Waals surface area contributed by atoms with Gasteiger partial charge in [0.05, 0.1) is 5.56 Å². The van der Waals surface area contributed by atoms with Gasteiger partial charge in [-0.1, -0.05) is 11.6 Å². The number of hydrogen-bond acceptors (Lipinski definition) is 4. The number of rotatable bonds is 4. The maximum absolute atomic E-state index is 13.3. The van der Waals surface area contributed by atoms with Crippen molar-refractivity contribution in [2.45, 2.75) is 0 Å². The molecule has 0 saturated carbocycles. The molecule has 10 heteroatoms. The number of carbonyl (C=O) groups excluding carboxylic acids is 1. The maximum Gasteiger partial charge on any atom is 0.341 e. The third kappa shape index (κ3) is 4.08. The molecule has 0 saturated heterocycles. The summed E-state index contributed by atoms with van der Waals surface area (Å²) in [5.41, 5.74) is -0.987. The van der Waals surface area contributed by atoms with E-state index in [4.69, 9.17) is 16.2 Å². The van der Waals surface area contributed by atoms with Gasteiger partial charge in [0.1, 0.15) is 17.4 Å². The third-order valence-electron chi connectivity index (χ3n) is 1.90. The van der Waals surface area contributed by atoms with Crippen LogP contribution in [0.4, 0.5) is 13.2 Å². The molecule has 5 nitrogen and oxygen atoms in total. The highest BCUT2D eigenvalue weighted by Gasteiger charge is 2.23. The molecule has 0 aliphatic rings. The van der Waals surface area contributed by atoms with Gasteiger partial charge < -0.3 is 4.74 Å². The minimum absolute atomic E-state index is 0.228. The van der Waals surface area contributed by atoms with E-state index in [1.54, 1.807) is 0 Å². The number of esters is 1. The zero-order valence-corrected chi connectivity index (χ0v) is 10.6. The molecule has 0 bridgehead atoms. The molecular formula is C9H6ClF3O5S. The van der Waals surface area contributed by atoms with Crippen LogP contribution in [0.3, 0.4) is 0 Å². The van der Waals surface area contributed by atoms with Gasteiger partial charge in [-0.3, -0.25) is 4.55 Å². The first-order valence-corrected chi connectivity index (χ1v) is 6.57. The van der Waals surface area contributed by atoms with E-state index in [1.807, 2.05) is 0 Å². The van der Waals surface area contributed by atoms with Crippen molar-refractivity contribution < 1.29 is 35.7 Å². The summed E-state index contributed by atoms with van der Waals surface area (Å²) in [7, 11) is -4.37. The second kappa shape index (κ2) is 5.76. The van der Waals surface area contributed by atoms with Crippen LogP contribution in [0, 0.1) is 17.5 Å². The van der Waals surface area contributed by atoms with Crippen LogP contribution in [0.1, 0.15) is 10.4 Å². The summed E-state index contributed by atoms with van der Waals surface area (Å²) in [5, 5.41) is -1.22. The topological polar surface area (TPSA) is 80.7 Å². The molecule has 106 valence electrons. The Balaban J connectivity index is 2.89. The van der Waals surface area contributed by atoms with Gasteiger partial charge in [-0.25, -0.2) is 18.0 Å². The molecule has 19 heavy (non-hydrogen) atoms. The average molecular weight is 319 g/mol. The largest absolute Gasteiger partial charge is 0.461 e. The monoisotopic (exact) mass is 318 g/mol. The molecule has 0 aliphatic heterocycles. The highest BCUT2D eigenvalue weighted by molar-refractivity contribution is 7.85. The van der Waals surface area contributed by atoms with Crippen molar-refractivity contribution in [3.05, 3.63) is 34.1 Å². The van der Waals surface area contributed by atoms with E-state index in [-0.39, 0.29) is 6.07 Å². The van der Waals surface area contributed by atoms with Crippen molar-refractivity contribution >= 4 is 27.7 Å². The summed E-state index contributed by atoms with van der Waals surface area (Å²) in [6, 6.07) is 0.228. The Labute approximate surface area is 110 Å². The molecule has 0 heterocycles. The third-order valence-corrected chi connectivity index (χ3v) is 2.91. The fourth-order valence-electron chi connectivity index (χ4n) is 1.04. The van der Waals surface area contributed by atoms with E-state index >= 15 is 0 Å². The first-order chi connectivity index (χ1) is 8.63. The number of benzene rings is 1. The smallest absolute Gasteiger partial charge is 0.341 e. The van der Waals surface area contributed by atoms with Crippen molar-refractivity contribution in [1.82, 2.24) is 0 Å². The lowest BCUT2D eigenvalue weighted by molar-refractivity contribution is 0.0522. The molecule has 1 aromatic rings. The van der Waals surface area contributed by atoms with Crippen LogP contribution < -0.4 is 0 Å². The van der Waals surface area contributed by atoms with Gasteiger partial charge in [-0.15, -0.1) is 0 Å². The molecule has 1 aromatic carbocycles. The second-order valence-corrected chi connectivity index (χ2v) is 5.22. The zero-order valence-electron chi connectivity index (χ0n) is 8.99. The summed E-state index contributed by atoms with van der Waals surface area (Å²) in [6.45, 7) is -0.784. The van der Waals surface area contributed by atoms with Crippen molar-refractivity contribution in [2.24, 2.45) is 0 Å². The van der Waals surface area contributed by atoms with E-state index in [1.165, 1.54) is 0 Å². The SMILES string of the molecule is O=C(OCCS(=O)(=O)O)c1cc(F)c(F)c(Cl)c1F. The van der Waals surface area contributed by atoms with Gasteiger partial charge in [0.2, 0.25) is 0 Å². The molecule has 0 unspecified atom stereocenters. The standard InChI is InChI=1S/C9H6ClF3O5S/c10-6-7(12)4(3-5(11)8(6)13)9(14)18-1-2-19(15,16)17/h3H,1-2H2,(H,15,16,17). The summed E-state index contributed by atoms with van der Waals surface area (Å²) in [5.74, 6) is -7.11. The minimum atomic E-state index is -4.37. The van der Waals surface area contributed by atoms with Gasteiger partial charge in [0.25, 0.3) is 10.1 Å². The van der Waals surface area contributed by atoms with Gasteiger partial charge >= 0.3 is 5.97 Å². The van der Waals surface area contributed by atoms with Crippen molar-refractivity contribution in [2.75, 3.05) is 12.4 Å².